The molecule has 7 nitrogen and oxygen atoms in total. The lowest BCUT2D eigenvalue weighted by Crippen LogP contribution is -2.70. The zero-order valence-electron chi connectivity index (χ0n) is 13.1. The van der Waals surface area contributed by atoms with Gasteiger partial charge in [0.1, 0.15) is 0 Å². The van der Waals surface area contributed by atoms with E-state index in [0.717, 1.165) is 36.9 Å². The minimum Gasteiger partial charge on any atom is -0.630 e. The SMILES string of the molecule is C=C(/N=[N+](/[O-])c1c([NH2+][O-])ccc2c1CCC2)NCCN(C)C. The zero-order valence-corrected chi connectivity index (χ0v) is 13.1. The van der Waals surface area contributed by atoms with Gasteiger partial charge in [0.15, 0.2) is 5.82 Å². The molecule has 7 heteroatoms. The first kappa shape index (κ1) is 16.4. The van der Waals surface area contributed by atoms with Crippen LogP contribution in [0.3, 0.4) is 0 Å². The summed E-state index contributed by atoms with van der Waals surface area (Å²) in [6.07, 6.45) is 2.75. The molecule has 0 heterocycles. The van der Waals surface area contributed by atoms with Crippen LogP contribution in [0.5, 0.6) is 0 Å². The molecule has 0 aromatic heterocycles. The van der Waals surface area contributed by atoms with Crippen molar-refractivity contribution in [2.75, 3.05) is 27.2 Å². The molecule has 120 valence electrons. The number of rotatable bonds is 7. The Balaban J connectivity index is 2.18. The molecule has 1 aliphatic rings. The summed E-state index contributed by atoms with van der Waals surface area (Å²) in [7, 11) is 3.93. The minimum atomic E-state index is 0.296. The van der Waals surface area contributed by atoms with Gasteiger partial charge in [0.25, 0.3) is 0 Å². The molecule has 0 spiro atoms. The summed E-state index contributed by atoms with van der Waals surface area (Å²) in [4.78, 5) is 2.54. The maximum Gasteiger partial charge on any atom is 0.308 e. The van der Waals surface area contributed by atoms with Crippen LogP contribution in [0.25, 0.3) is 0 Å². The minimum absolute atomic E-state index is 0.296. The van der Waals surface area contributed by atoms with Gasteiger partial charge in [0.05, 0.1) is 0 Å². The van der Waals surface area contributed by atoms with E-state index < -0.39 is 0 Å². The Bertz CT molecular complexity index is 584. The summed E-state index contributed by atoms with van der Waals surface area (Å²) in [5.74, 6) is 0.296. The third kappa shape index (κ3) is 3.82. The van der Waals surface area contributed by atoms with Crippen LogP contribution in [0, 0.1) is 10.4 Å². The smallest absolute Gasteiger partial charge is 0.308 e. The fraction of sp³-hybridized carbons (Fsp3) is 0.467. The summed E-state index contributed by atoms with van der Waals surface area (Å²) >= 11 is 0. The first-order valence-electron chi connectivity index (χ1n) is 7.39. The molecular formula is C15H23N5O2. The third-order valence-corrected chi connectivity index (χ3v) is 3.70. The van der Waals surface area contributed by atoms with Crippen LogP contribution in [0.1, 0.15) is 17.5 Å². The second-order valence-corrected chi connectivity index (χ2v) is 5.66. The summed E-state index contributed by atoms with van der Waals surface area (Å²) in [6, 6.07) is 3.61. The van der Waals surface area contributed by atoms with Crippen LogP contribution in [0.4, 0.5) is 11.4 Å². The maximum atomic E-state index is 12.4. The van der Waals surface area contributed by atoms with E-state index >= 15 is 0 Å². The molecule has 1 aromatic rings. The van der Waals surface area contributed by atoms with Gasteiger partial charge in [0, 0.05) is 29.8 Å². The van der Waals surface area contributed by atoms with Crippen molar-refractivity contribution in [3.63, 3.8) is 0 Å². The van der Waals surface area contributed by atoms with Crippen molar-refractivity contribution in [1.29, 1.82) is 0 Å². The van der Waals surface area contributed by atoms with Crippen LogP contribution in [-0.4, -0.2) is 36.9 Å². The fourth-order valence-electron chi connectivity index (χ4n) is 2.60. The normalized spacial score (nSPS) is 14.3. The van der Waals surface area contributed by atoms with Crippen molar-refractivity contribution in [3.05, 3.63) is 46.1 Å². The maximum absolute atomic E-state index is 12.4. The molecule has 1 aliphatic carbocycles. The highest BCUT2D eigenvalue weighted by atomic mass is 16.5. The topological polar surface area (TPSA) is 93.4 Å². The van der Waals surface area contributed by atoms with Gasteiger partial charge in [0.2, 0.25) is 5.69 Å². The largest absolute Gasteiger partial charge is 0.630 e. The molecule has 0 aliphatic heterocycles. The summed E-state index contributed by atoms with van der Waals surface area (Å²) in [5, 5.41) is 30.5. The van der Waals surface area contributed by atoms with Gasteiger partial charge in [-0.1, -0.05) is 12.6 Å². The monoisotopic (exact) mass is 305 g/mol. The number of aryl methyl sites for hydroxylation is 1. The standard InChI is InChI=1S/C15H23N5O2/c1-11(16-9-10-19(2)3)17-20(22)15-13-6-4-5-12(13)7-8-14(15)18-21/h7-8,16H,1,4-6,9-10,18H2,2-3H3/b20-17+. The van der Waals surface area contributed by atoms with Crippen molar-refractivity contribution in [2.45, 2.75) is 19.3 Å². The second-order valence-electron chi connectivity index (χ2n) is 5.66. The fourth-order valence-corrected chi connectivity index (χ4v) is 2.60. The summed E-state index contributed by atoms with van der Waals surface area (Å²) in [6.45, 7) is 5.20. The van der Waals surface area contributed by atoms with Gasteiger partial charge < -0.3 is 26.1 Å². The molecule has 0 unspecified atom stereocenters. The molecule has 1 aromatic carbocycles. The van der Waals surface area contributed by atoms with Gasteiger partial charge in [-0.05, 0) is 43.8 Å². The van der Waals surface area contributed by atoms with E-state index in [1.165, 1.54) is 0 Å². The van der Waals surface area contributed by atoms with Gasteiger partial charge in [-0.25, -0.2) is 0 Å². The molecule has 0 atom stereocenters. The van der Waals surface area contributed by atoms with Crippen molar-refractivity contribution in [2.24, 2.45) is 5.11 Å². The van der Waals surface area contributed by atoms with Crippen molar-refractivity contribution in [3.8, 4) is 0 Å². The van der Waals surface area contributed by atoms with Crippen LogP contribution >= 0.6 is 0 Å². The molecule has 0 bridgehead atoms. The van der Waals surface area contributed by atoms with E-state index in [2.05, 4.69) is 17.0 Å². The second kappa shape index (κ2) is 7.35. The van der Waals surface area contributed by atoms with Gasteiger partial charge in [-0.2, -0.15) is 0 Å². The Labute approximate surface area is 130 Å². The highest BCUT2D eigenvalue weighted by Crippen LogP contribution is 2.34. The van der Waals surface area contributed by atoms with E-state index in [9.17, 15) is 10.4 Å². The number of hydrogen-bond donors (Lipinski definition) is 2. The quantitative estimate of drug-likeness (QED) is 0.341. The van der Waals surface area contributed by atoms with E-state index in [1.807, 2.05) is 25.1 Å². The number of nitrogens with one attached hydrogen (secondary N) is 1. The predicted octanol–water partition coefficient (Wildman–Crippen LogP) is 1.08. The lowest BCUT2D eigenvalue weighted by atomic mass is 10.1. The van der Waals surface area contributed by atoms with Crippen LogP contribution in [0.15, 0.2) is 29.6 Å². The number of benzene rings is 1. The van der Waals surface area contributed by atoms with Crippen LogP contribution < -0.4 is 10.8 Å². The molecule has 0 radical (unpaired) electrons. The number of nitrogens with zero attached hydrogens (tertiary/aromatic N) is 3. The Morgan fingerprint density at radius 3 is 2.91 bits per heavy atom. The average Bonchev–Trinajstić information content (AvgIpc) is 2.93. The van der Waals surface area contributed by atoms with Crippen LogP contribution in [0.2, 0.25) is 0 Å². The summed E-state index contributed by atoms with van der Waals surface area (Å²) in [5.41, 5.74) is 3.50. The molecule has 0 saturated heterocycles. The average molecular weight is 305 g/mol. The third-order valence-electron chi connectivity index (χ3n) is 3.70. The number of quaternary nitrogens is 1. The number of hydrogen-bond acceptors (Lipinski definition) is 5. The number of nitrogens with two attached hydrogens (primary N) is 1. The lowest BCUT2D eigenvalue weighted by Gasteiger charge is -2.12. The van der Waals surface area contributed by atoms with E-state index in [4.69, 9.17) is 0 Å². The first-order valence-corrected chi connectivity index (χ1v) is 7.39. The molecular weight excluding hydrogens is 282 g/mol. The Hall–Kier alpha value is -1.96. The molecule has 22 heavy (non-hydrogen) atoms. The van der Waals surface area contributed by atoms with E-state index in [1.54, 1.807) is 6.07 Å². The molecule has 2 rings (SSSR count). The summed E-state index contributed by atoms with van der Waals surface area (Å²) < 4.78 is 0. The van der Waals surface area contributed by atoms with Crippen molar-refractivity contribution in [1.82, 2.24) is 10.2 Å². The first-order chi connectivity index (χ1) is 10.5. The predicted molar refractivity (Wildman–Crippen MR) is 84.8 cm³/mol. The number of azo groups is 1. The number of likely N-dealkylation sites (N-methyl/N-ethyl adjacent to an activating group) is 1. The molecule has 0 fully saturated rings. The van der Waals surface area contributed by atoms with Gasteiger partial charge >= 0.3 is 5.69 Å². The highest BCUT2D eigenvalue weighted by molar-refractivity contribution is 5.61. The van der Waals surface area contributed by atoms with Crippen LogP contribution in [-0.2, 0) is 12.8 Å². The van der Waals surface area contributed by atoms with Crippen molar-refractivity contribution >= 4 is 11.4 Å². The Morgan fingerprint density at radius 1 is 1.45 bits per heavy atom. The molecule has 0 amide bonds. The number of fused-ring (bicyclic) bond motifs is 1. The van der Waals surface area contributed by atoms with Gasteiger partial charge in [-0.15, -0.1) is 0 Å². The molecule has 3 N–H and O–H groups in total. The highest BCUT2D eigenvalue weighted by Gasteiger charge is 2.26. The lowest BCUT2D eigenvalue weighted by molar-refractivity contribution is -0.514. The Morgan fingerprint density at radius 2 is 2.23 bits per heavy atom. The molecule has 0 saturated carbocycles. The Kier molecular flexibility index (Phi) is 5.48. The van der Waals surface area contributed by atoms with E-state index in [0.29, 0.717) is 34.1 Å². The van der Waals surface area contributed by atoms with Gasteiger partial charge in [-0.3, -0.25) is 0 Å². The van der Waals surface area contributed by atoms with Crippen molar-refractivity contribution < 1.29 is 10.3 Å². The zero-order chi connectivity index (χ0) is 16.1. The van der Waals surface area contributed by atoms with E-state index in [-0.39, 0.29) is 0 Å².